The maximum atomic E-state index is 6.00. The molecular formula is C18H20O2S. The molecule has 2 nitrogen and oxygen atoms in total. The summed E-state index contributed by atoms with van der Waals surface area (Å²) in [6, 6.07) is 16.4. The Labute approximate surface area is 130 Å². The molecule has 1 aliphatic heterocycles. The average Bonchev–Trinajstić information content (AvgIpc) is 2.54. The van der Waals surface area contributed by atoms with Crippen LogP contribution in [0.25, 0.3) is 0 Å². The summed E-state index contributed by atoms with van der Waals surface area (Å²) in [6.45, 7) is 2.78. The van der Waals surface area contributed by atoms with Gasteiger partial charge in [-0.3, -0.25) is 0 Å². The molecular weight excluding hydrogens is 280 g/mol. The number of aryl methyl sites for hydroxylation is 1. The van der Waals surface area contributed by atoms with Crippen LogP contribution in [0.2, 0.25) is 0 Å². The Balaban J connectivity index is 1.64. The molecule has 0 saturated heterocycles. The molecule has 0 saturated carbocycles. The standard InChI is InChI=1S/C18H20O2S/c1-2-21-18-11-8-15-12-16(9-10-17(15)20-18)19-13-14-6-4-3-5-7-14/h3-7,9-10,12,18H,2,8,11,13H2,1H3. The number of fused-ring (bicyclic) bond motifs is 1. The summed E-state index contributed by atoms with van der Waals surface area (Å²) in [7, 11) is 0. The second-order valence-electron chi connectivity index (χ2n) is 5.09. The van der Waals surface area contributed by atoms with E-state index < -0.39 is 0 Å². The summed E-state index contributed by atoms with van der Waals surface area (Å²) in [4.78, 5) is 0. The lowest BCUT2D eigenvalue weighted by atomic mass is 10.1. The molecule has 1 atom stereocenters. The van der Waals surface area contributed by atoms with Gasteiger partial charge >= 0.3 is 0 Å². The number of hydrogen-bond donors (Lipinski definition) is 0. The van der Waals surface area contributed by atoms with E-state index in [0.717, 1.165) is 30.1 Å². The lowest BCUT2D eigenvalue weighted by Crippen LogP contribution is -2.19. The first-order valence-corrected chi connectivity index (χ1v) is 8.48. The second-order valence-corrected chi connectivity index (χ2v) is 6.52. The number of hydrogen-bond acceptors (Lipinski definition) is 3. The van der Waals surface area contributed by atoms with Crippen molar-refractivity contribution in [2.45, 2.75) is 31.8 Å². The van der Waals surface area contributed by atoms with Crippen LogP contribution in [0.1, 0.15) is 24.5 Å². The monoisotopic (exact) mass is 300 g/mol. The van der Waals surface area contributed by atoms with Crippen LogP contribution in [0.15, 0.2) is 48.5 Å². The molecule has 0 aromatic heterocycles. The zero-order valence-electron chi connectivity index (χ0n) is 12.2. The molecule has 3 rings (SSSR count). The van der Waals surface area contributed by atoms with Crippen molar-refractivity contribution in [3.63, 3.8) is 0 Å². The van der Waals surface area contributed by atoms with E-state index in [0.29, 0.717) is 12.0 Å². The fraction of sp³-hybridized carbons (Fsp3) is 0.333. The summed E-state index contributed by atoms with van der Waals surface area (Å²) < 4.78 is 11.9. The Morgan fingerprint density at radius 2 is 2.05 bits per heavy atom. The second kappa shape index (κ2) is 6.90. The van der Waals surface area contributed by atoms with Gasteiger partial charge in [0, 0.05) is 0 Å². The summed E-state index contributed by atoms with van der Waals surface area (Å²) in [5, 5.41) is 0. The Bertz CT molecular complexity index is 583. The van der Waals surface area contributed by atoms with Gasteiger partial charge in [0.25, 0.3) is 0 Å². The van der Waals surface area contributed by atoms with Crippen LogP contribution in [0.5, 0.6) is 11.5 Å². The van der Waals surface area contributed by atoms with E-state index in [1.807, 2.05) is 42.1 Å². The van der Waals surface area contributed by atoms with Gasteiger partial charge in [0.15, 0.2) is 0 Å². The maximum absolute atomic E-state index is 6.00. The van der Waals surface area contributed by atoms with E-state index in [2.05, 4.69) is 25.1 Å². The summed E-state index contributed by atoms with van der Waals surface area (Å²) in [6.07, 6.45) is 2.14. The van der Waals surface area contributed by atoms with E-state index in [4.69, 9.17) is 9.47 Å². The fourth-order valence-corrected chi connectivity index (χ4v) is 3.30. The van der Waals surface area contributed by atoms with Crippen molar-refractivity contribution in [3.05, 3.63) is 59.7 Å². The highest BCUT2D eigenvalue weighted by atomic mass is 32.2. The Hall–Kier alpha value is -1.61. The van der Waals surface area contributed by atoms with Gasteiger partial charge in [-0.15, -0.1) is 11.8 Å². The molecule has 0 amide bonds. The number of benzene rings is 2. The lowest BCUT2D eigenvalue weighted by Gasteiger charge is -2.25. The zero-order chi connectivity index (χ0) is 14.5. The highest BCUT2D eigenvalue weighted by Gasteiger charge is 2.19. The molecule has 0 N–H and O–H groups in total. The van der Waals surface area contributed by atoms with Gasteiger partial charge in [-0.05, 0) is 47.9 Å². The molecule has 2 aromatic rings. The molecule has 0 spiro atoms. The predicted molar refractivity (Wildman–Crippen MR) is 88.1 cm³/mol. The van der Waals surface area contributed by atoms with Crippen molar-refractivity contribution in [1.82, 2.24) is 0 Å². The van der Waals surface area contributed by atoms with E-state index in [9.17, 15) is 0 Å². The van der Waals surface area contributed by atoms with Crippen molar-refractivity contribution in [1.29, 1.82) is 0 Å². The maximum Gasteiger partial charge on any atom is 0.144 e. The van der Waals surface area contributed by atoms with Crippen molar-refractivity contribution in [2.75, 3.05) is 5.75 Å². The fourth-order valence-electron chi connectivity index (χ4n) is 2.47. The van der Waals surface area contributed by atoms with Crippen molar-refractivity contribution < 1.29 is 9.47 Å². The Morgan fingerprint density at radius 3 is 2.86 bits per heavy atom. The minimum absolute atomic E-state index is 0.304. The van der Waals surface area contributed by atoms with E-state index in [1.54, 1.807) is 0 Å². The molecule has 1 aliphatic rings. The van der Waals surface area contributed by atoms with Crippen molar-refractivity contribution in [2.24, 2.45) is 0 Å². The van der Waals surface area contributed by atoms with Gasteiger partial charge in [0.2, 0.25) is 0 Å². The van der Waals surface area contributed by atoms with Gasteiger partial charge in [-0.1, -0.05) is 37.3 Å². The third-order valence-electron chi connectivity index (χ3n) is 3.54. The third-order valence-corrected chi connectivity index (χ3v) is 4.58. The predicted octanol–water partition coefficient (Wildman–Crippen LogP) is 4.67. The molecule has 0 aliphatic carbocycles. The van der Waals surface area contributed by atoms with E-state index in [1.165, 1.54) is 11.1 Å². The molecule has 1 heterocycles. The largest absolute Gasteiger partial charge is 0.489 e. The minimum Gasteiger partial charge on any atom is -0.489 e. The van der Waals surface area contributed by atoms with Crippen LogP contribution < -0.4 is 9.47 Å². The van der Waals surface area contributed by atoms with Crippen LogP contribution in [0.3, 0.4) is 0 Å². The van der Waals surface area contributed by atoms with Crippen LogP contribution in [0, 0.1) is 0 Å². The first-order valence-electron chi connectivity index (χ1n) is 7.43. The number of rotatable bonds is 5. The van der Waals surface area contributed by atoms with E-state index in [-0.39, 0.29) is 0 Å². The molecule has 21 heavy (non-hydrogen) atoms. The Morgan fingerprint density at radius 1 is 1.19 bits per heavy atom. The van der Waals surface area contributed by atoms with Gasteiger partial charge in [0.1, 0.15) is 23.5 Å². The molecule has 0 fully saturated rings. The first kappa shape index (κ1) is 14.3. The summed E-state index contributed by atoms with van der Waals surface area (Å²) in [5.41, 5.74) is 2.75. The highest BCUT2D eigenvalue weighted by molar-refractivity contribution is 7.99. The number of thioether (sulfide) groups is 1. The molecule has 0 radical (unpaired) electrons. The molecule has 3 heteroatoms. The molecule has 110 valence electrons. The van der Waals surface area contributed by atoms with E-state index >= 15 is 0 Å². The van der Waals surface area contributed by atoms with Crippen LogP contribution in [-0.2, 0) is 13.0 Å². The highest BCUT2D eigenvalue weighted by Crippen LogP contribution is 2.34. The molecule has 1 unspecified atom stereocenters. The quantitative estimate of drug-likeness (QED) is 0.799. The van der Waals surface area contributed by atoms with Crippen molar-refractivity contribution in [3.8, 4) is 11.5 Å². The third kappa shape index (κ3) is 3.73. The topological polar surface area (TPSA) is 18.5 Å². The SMILES string of the molecule is CCSC1CCc2cc(OCc3ccccc3)ccc2O1. The van der Waals surface area contributed by atoms with Crippen molar-refractivity contribution >= 4 is 11.8 Å². The zero-order valence-corrected chi connectivity index (χ0v) is 13.1. The lowest BCUT2D eigenvalue weighted by molar-refractivity contribution is 0.253. The smallest absolute Gasteiger partial charge is 0.144 e. The summed E-state index contributed by atoms with van der Waals surface area (Å²) in [5.74, 6) is 3.03. The van der Waals surface area contributed by atoms with Gasteiger partial charge in [-0.2, -0.15) is 0 Å². The summed E-state index contributed by atoms with van der Waals surface area (Å²) >= 11 is 1.87. The minimum atomic E-state index is 0.304. The number of ether oxygens (including phenoxy) is 2. The average molecular weight is 300 g/mol. The molecule has 0 bridgehead atoms. The van der Waals surface area contributed by atoms with Gasteiger partial charge in [0.05, 0.1) is 0 Å². The normalized spacial score (nSPS) is 16.9. The van der Waals surface area contributed by atoms with Crippen LogP contribution in [0.4, 0.5) is 0 Å². The van der Waals surface area contributed by atoms with Crippen LogP contribution >= 0.6 is 11.8 Å². The first-order chi connectivity index (χ1) is 10.3. The molecule has 2 aromatic carbocycles. The van der Waals surface area contributed by atoms with Gasteiger partial charge < -0.3 is 9.47 Å². The van der Waals surface area contributed by atoms with Gasteiger partial charge in [-0.25, -0.2) is 0 Å². The Kier molecular flexibility index (Phi) is 4.71. The van der Waals surface area contributed by atoms with Crippen LogP contribution in [-0.4, -0.2) is 11.2 Å².